The van der Waals surface area contributed by atoms with Gasteiger partial charge in [-0.05, 0) is 5.56 Å². The van der Waals surface area contributed by atoms with Crippen molar-refractivity contribution in [3.05, 3.63) is 30.3 Å². The molecule has 0 bridgehead atoms. The summed E-state index contributed by atoms with van der Waals surface area (Å²) in [5.41, 5.74) is 1.46. The Bertz CT molecular complexity index is 899. The topological polar surface area (TPSA) is 0 Å². The first-order valence-corrected chi connectivity index (χ1v) is 29.5. The van der Waals surface area contributed by atoms with E-state index < -0.39 is 16.1 Å². The molecule has 1 aromatic carbocycles. The van der Waals surface area contributed by atoms with Gasteiger partial charge in [0.25, 0.3) is 0 Å². The molecule has 0 aliphatic heterocycles. The monoisotopic (exact) mass is 725 g/mol. The van der Waals surface area contributed by atoms with Gasteiger partial charge in [-0.2, -0.15) is 0 Å². The molecule has 1 aromatic rings. The fourth-order valence-corrected chi connectivity index (χ4v) is 13.7. The highest BCUT2D eigenvalue weighted by Crippen LogP contribution is 2.22. The van der Waals surface area contributed by atoms with E-state index in [1.807, 2.05) is 0 Å². The van der Waals surface area contributed by atoms with E-state index >= 15 is 0 Å². The molecule has 0 atom stereocenters. The van der Waals surface area contributed by atoms with Gasteiger partial charge in [-0.15, -0.1) is 0 Å². The number of rotatable bonds is 37. The highest BCUT2D eigenvalue weighted by Gasteiger charge is 2.28. The third-order valence-electron chi connectivity index (χ3n) is 12.1. The predicted octanol–water partition coefficient (Wildman–Crippen LogP) is 16.7. The van der Waals surface area contributed by atoms with E-state index in [1.165, 1.54) is 223 Å². The van der Waals surface area contributed by atoms with E-state index in [1.54, 1.807) is 10.4 Å². The SMILES string of the molecule is C=Cc1cc([Si](C)(C)CCCCCCCCCCCCCCCCCC)ccc1[Si](C)(C)CCCCCCCCCCCCCCCCCC. The first-order valence-electron chi connectivity index (χ1n) is 23.1. The minimum atomic E-state index is -1.45. The van der Waals surface area contributed by atoms with E-state index in [4.69, 9.17) is 0 Å². The molecule has 0 radical (unpaired) electrons. The van der Waals surface area contributed by atoms with Crippen molar-refractivity contribution in [2.75, 3.05) is 0 Å². The smallest absolute Gasteiger partial charge is 0.0814 e. The highest BCUT2D eigenvalue weighted by molar-refractivity contribution is 6.91. The van der Waals surface area contributed by atoms with Crippen LogP contribution in [0.5, 0.6) is 0 Å². The third-order valence-corrected chi connectivity index (χ3v) is 19.1. The van der Waals surface area contributed by atoms with Gasteiger partial charge in [0, 0.05) is 0 Å². The number of unbranched alkanes of at least 4 members (excludes halogenated alkanes) is 30. The van der Waals surface area contributed by atoms with Gasteiger partial charge in [0.05, 0.1) is 16.1 Å². The molecule has 0 saturated heterocycles. The molecule has 0 aliphatic rings. The van der Waals surface area contributed by atoms with Crippen LogP contribution in [-0.4, -0.2) is 16.1 Å². The van der Waals surface area contributed by atoms with Gasteiger partial charge >= 0.3 is 0 Å². The quantitative estimate of drug-likeness (QED) is 0.0473. The molecule has 0 unspecified atom stereocenters. The summed E-state index contributed by atoms with van der Waals surface area (Å²) in [6.07, 6.45) is 48.6. The van der Waals surface area contributed by atoms with Crippen molar-refractivity contribution >= 4 is 32.6 Å². The number of hydrogen-bond acceptors (Lipinski definition) is 0. The lowest BCUT2D eigenvalue weighted by Crippen LogP contribution is -2.46. The molecular weight excluding hydrogens is 633 g/mol. The van der Waals surface area contributed by atoms with Gasteiger partial charge in [0.1, 0.15) is 0 Å². The second-order valence-electron chi connectivity index (χ2n) is 17.9. The van der Waals surface area contributed by atoms with Crippen LogP contribution in [0.1, 0.15) is 225 Å². The lowest BCUT2D eigenvalue weighted by Gasteiger charge is -2.29. The number of hydrogen-bond donors (Lipinski definition) is 0. The van der Waals surface area contributed by atoms with Gasteiger partial charge in [-0.25, -0.2) is 0 Å². The summed E-state index contributed by atoms with van der Waals surface area (Å²) < 4.78 is 0. The molecule has 1 rings (SSSR count). The van der Waals surface area contributed by atoms with Crippen LogP contribution in [0.15, 0.2) is 24.8 Å². The van der Waals surface area contributed by atoms with Crippen molar-refractivity contribution in [3.63, 3.8) is 0 Å². The normalized spacial score (nSPS) is 12.2. The maximum absolute atomic E-state index is 4.29. The molecular formula is C48H92Si2. The van der Waals surface area contributed by atoms with Crippen LogP contribution in [0.2, 0.25) is 38.3 Å². The minimum Gasteiger partial charge on any atom is -0.0985 e. The molecule has 0 N–H and O–H groups in total. The Kier molecular flexibility index (Phi) is 30.2. The first kappa shape index (κ1) is 47.4. The average Bonchev–Trinajstić information content (AvgIpc) is 3.10. The van der Waals surface area contributed by atoms with E-state index in [0.717, 1.165) is 0 Å². The van der Waals surface area contributed by atoms with Crippen molar-refractivity contribution in [1.82, 2.24) is 0 Å². The maximum atomic E-state index is 4.29. The predicted molar refractivity (Wildman–Crippen MR) is 239 cm³/mol. The standard InChI is InChI=1S/C48H92Si2/c1-8-11-13-15-17-19-21-23-25-27-29-31-33-35-37-39-43-49(4,5)47-41-42-48(46(10-3)45-47)50(6,7)44-40-38-36-34-32-30-28-26-24-22-20-18-16-14-12-9-2/h10,41-42,45H,3,8-9,11-40,43-44H2,1-2,4-7H3. The highest BCUT2D eigenvalue weighted by atomic mass is 28.3. The van der Waals surface area contributed by atoms with Crippen LogP contribution < -0.4 is 10.4 Å². The summed E-state index contributed by atoms with van der Waals surface area (Å²) in [6, 6.07) is 10.5. The van der Waals surface area contributed by atoms with Crippen LogP contribution in [0, 0.1) is 0 Å². The zero-order valence-electron chi connectivity index (χ0n) is 35.6. The molecule has 0 spiro atoms. The van der Waals surface area contributed by atoms with Crippen LogP contribution in [0.25, 0.3) is 6.08 Å². The Morgan fingerprint density at radius 3 is 0.980 bits per heavy atom. The summed E-state index contributed by atoms with van der Waals surface area (Å²) in [6.45, 7) is 19.4. The van der Waals surface area contributed by atoms with Gasteiger partial charge in [-0.3, -0.25) is 0 Å². The van der Waals surface area contributed by atoms with Gasteiger partial charge in [0.15, 0.2) is 0 Å². The number of benzene rings is 1. The van der Waals surface area contributed by atoms with Crippen LogP contribution in [0.4, 0.5) is 0 Å². The largest absolute Gasteiger partial charge is 0.0985 e. The molecule has 0 fully saturated rings. The van der Waals surface area contributed by atoms with Gasteiger partial charge in [-0.1, -0.05) is 299 Å². The Balaban J connectivity index is 2.18. The molecule has 0 heterocycles. The lowest BCUT2D eigenvalue weighted by molar-refractivity contribution is 0.531. The Labute approximate surface area is 319 Å². The summed E-state index contributed by atoms with van der Waals surface area (Å²) >= 11 is 0. The van der Waals surface area contributed by atoms with E-state index in [-0.39, 0.29) is 0 Å². The van der Waals surface area contributed by atoms with Crippen molar-refractivity contribution < 1.29 is 0 Å². The van der Waals surface area contributed by atoms with Crippen molar-refractivity contribution in [1.29, 1.82) is 0 Å². The van der Waals surface area contributed by atoms with E-state index in [2.05, 4.69) is 70.9 Å². The summed E-state index contributed by atoms with van der Waals surface area (Å²) in [4.78, 5) is 0. The van der Waals surface area contributed by atoms with Crippen molar-refractivity contribution in [2.45, 2.75) is 258 Å². The van der Waals surface area contributed by atoms with Crippen molar-refractivity contribution in [2.24, 2.45) is 0 Å². The van der Waals surface area contributed by atoms with Crippen molar-refractivity contribution in [3.8, 4) is 0 Å². The van der Waals surface area contributed by atoms with Crippen LogP contribution in [-0.2, 0) is 0 Å². The first-order chi connectivity index (χ1) is 24.3. The summed E-state index contributed by atoms with van der Waals surface area (Å²) in [5, 5.41) is 3.31. The third kappa shape index (κ3) is 24.6. The zero-order valence-corrected chi connectivity index (χ0v) is 37.6. The van der Waals surface area contributed by atoms with Crippen LogP contribution >= 0.6 is 0 Å². The summed E-state index contributed by atoms with van der Waals surface area (Å²) in [7, 11) is -2.87. The maximum Gasteiger partial charge on any atom is 0.0814 e. The molecule has 0 amide bonds. The molecule has 2 heteroatoms. The fourth-order valence-electron chi connectivity index (χ4n) is 8.28. The second kappa shape index (κ2) is 31.9. The molecule has 292 valence electrons. The van der Waals surface area contributed by atoms with Crippen LogP contribution in [0.3, 0.4) is 0 Å². The minimum absolute atomic E-state index is 1.37. The van der Waals surface area contributed by atoms with Gasteiger partial charge in [0.2, 0.25) is 0 Å². The molecule has 0 aromatic heterocycles. The molecule has 0 nitrogen and oxygen atoms in total. The van der Waals surface area contributed by atoms with Gasteiger partial charge < -0.3 is 0 Å². The Hall–Kier alpha value is -0.606. The lowest BCUT2D eigenvalue weighted by atomic mass is 10.0. The molecule has 0 saturated carbocycles. The zero-order chi connectivity index (χ0) is 36.6. The van der Waals surface area contributed by atoms with E-state index in [0.29, 0.717) is 0 Å². The Morgan fingerprint density at radius 1 is 0.400 bits per heavy atom. The second-order valence-corrected chi connectivity index (χ2v) is 27.5. The van der Waals surface area contributed by atoms with E-state index in [9.17, 15) is 0 Å². The fraction of sp³-hybridized carbons (Fsp3) is 0.833. The molecule has 0 aliphatic carbocycles. The molecule has 50 heavy (non-hydrogen) atoms. The Morgan fingerprint density at radius 2 is 0.680 bits per heavy atom. The summed E-state index contributed by atoms with van der Waals surface area (Å²) in [5.74, 6) is 0. The average molecular weight is 725 g/mol.